The highest BCUT2D eigenvalue weighted by molar-refractivity contribution is 5.83. The Morgan fingerprint density at radius 1 is 0.870 bits per heavy atom. The fourth-order valence-electron chi connectivity index (χ4n) is 3.34. The van der Waals surface area contributed by atoms with E-state index in [4.69, 9.17) is 4.84 Å². The van der Waals surface area contributed by atoms with Crippen LogP contribution in [-0.2, 0) is 4.84 Å². The summed E-state index contributed by atoms with van der Waals surface area (Å²) in [4.78, 5) is 8.17. The molecule has 0 aliphatic heterocycles. The monoisotopic (exact) mass is 324 g/mol. The smallest absolute Gasteiger partial charge is 0.120 e. The Hall–Kier alpha value is -0.570. The van der Waals surface area contributed by atoms with Gasteiger partial charge in [0.05, 0.1) is 5.71 Å². The van der Waals surface area contributed by atoms with Crippen LogP contribution in [0.2, 0.25) is 0 Å². The summed E-state index contributed by atoms with van der Waals surface area (Å²) < 4.78 is 0. The van der Waals surface area contributed by atoms with E-state index in [9.17, 15) is 0 Å². The van der Waals surface area contributed by atoms with Gasteiger partial charge in [-0.3, -0.25) is 0 Å². The topological polar surface area (TPSA) is 24.8 Å². The van der Waals surface area contributed by atoms with E-state index in [2.05, 4.69) is 30.8 Å². The lowest BCUT2D eigenvalue weighted by Crippen LogP contribution is -2.29. The summed E-state index contributed by atoms with van der Waals surface area (Å²) >= 11 is 0. The quantitative estimate of drug-likeness (QED) is 0.566. The molecule has 0 aromatic rings. The normalized spacial score (nSPS) is 19.7. The minimum Gasteiger partial charge on any atom is -0.396 e. The van der Waals surface area contributed by atoms with Crippen molar-refractivity contribution >= 4 is 5.71 Å². The first-order valence-electron chi connectivity index (χ1n) is 10.2. The fourth-order valence-corrected chi connectivity index (χ4v) is 3.34. The van der Waals surface area contributed by atoms with E-state index in [0.717, 1.165) is 39.1 Å². The summed E-state index contributed by atoms with van der Waals surface area (Å²) in [5.74, 6) is 0.547. The number of rotatable bonds is 7. The van der Waals surface area contributed by atoms with Crippen LogP contribution in [0.5, 0.6) is 0 Å². The molecule has 0 heterocycles. The van der Waals surface area contributed by atoms with E-state index in [1.54, 1.807) is 0 Å². The summed E-state index contributed by atoms with van der Waals surface area (Å²) in [5.41, 5.74) is 1.31. The van der Waals surface area contributed by atoms with Gasteiger partial charge >= 0.3 is 0 Å². The van der Waals surface area contributed by atoms with Crippen LogP contribution in [0.25, 0.3) is 0 Å². The standard InChI is InChI=1S/C20H40N2O/c1-4-22(5-2)17-19(3)18-23-21-20-15-13-11-9-7-6-8-10-12-14-16-20/h19H,4-18H2,1-3H3. The molecule has 3 nitrogen and oxygen atoms in total. The predicted octanol–water partition coefficient (Wildman–Crippen LogP) is 5.64. The van der Waals surface area contributed by atoms with Crippen molar-refractivity contribution in [2.45, 2.75) is 91.4 Å². The van der Waals surface area contributed by atoms with Crippen molar-refractivity contribution in [3.63, 3.8) is 0 Å². The molecule has 0 aromatic heterocycles. The zero-order chi connectivity index (χ0) is 16.8. The van der Waals surface area contributed by atoms with Crippen LogP contribution in [0.3, 0.4) is 0 Å². The Kier molecular flexibility index (Phi) is 12.3. The Morgan fingerprint density at radius 2 is 1.35 bits per heavy atom. The van der Waals surface area contributed by atoms with Crippen molar-refractivity contribution in [3.05, 3.63) is 0 Å². The Morgan fingerprint density at radius 3 is 1.83 bits per heavy atom. The van der Waals surface area contributed by atoms with E-state index in [-0.39, 0.29) is 0 Å². The van der Waals surface area contributed by atoms with Crippen LogP contribution < -0.4 is 0 Å². The van der Waals surface area contributed by atoms with Crippen molar-refractivity contribution in [1.29, 1.82) is 0 Å². The number of nitrogens with zero attached hydrogens (tertiary/aromatic N) is 2. The second-order valence-corrected chi connectivity index (χ2v) is 7.23. The lowest BCUT2D eigenvalue weighted by molar-refractivity contribution is 0.0946. The van der Waals surface area contributed by atoms with Gasteiger partial charge in [0.2, 0.25) is 0 Å². The summed E-state index contributed by atoms with van der Waals surface area (Å²) in [5, 5.41) is 4.51. The van der Waals surface area contributed by atoms with Crippen LogP contribution in [0.1, 0.15) is 91.4 Å². The van der Waals surface area contributed by atoms with E-state index in [1.165, 1.54) is 63.5 Å². The molecule has 1 rings (SSSR count). The van der Waals surface area contributed by atoms with E-state index >= 15 is 0 Å². The minimum atomic E-state index is 0.547. The zero-order valence-electron chi connectivity index (χ0n) is 16.0. The molecule has 0 N–H and O–H groups in total. The summed E-state index contributed by atoms with van der Waals surface area (Å²) in [6, 6.07) is 0. The van der Waals surface area contributed by atoms with Crippen molar-refractivity contribution in [3.8, 4) is 0 Å². The molecule has 1 aliphatic carbocycles. The SMILES string of the molecule is CCN(CC)CC(C)CON=C1CCCCCCCCCCC1. The average Bonchev–Trinajstić information content (AvgIpc) is 2.54. The van der Waals surface area contributed by atoms with Gasteiger partial charge in [-0.05, 0) is 38.8 Å². The van der Waals surface area contributed by atoms with Crippen LogP contribution in [0.4, 0.5) is 0 Å². The first-order valence-corrected chi connectivity index (χ1v) is 10.2. The van der Waals surface area contributed by atoms with E-state index < -0.39 is 0 Å². The molecule has 136 valence electrons. The number of oxime groups is 1. The molecule has 1 atom stereocenters. The maximum Gasteiger partial charge on any atom is 0.120 e. The van der Waals surface area contributed by atoms with Crippen LogP contribution in [-0.4, -0.2) is 36.9 Å². The molecular formula is C20H40N2O. The minimum absolute atomic E-state index is 0.547. The largest absolute Gasteiger partial charge is 0.396 e. The first-order chi connectivity index (χ1) is 11.3. The third-order valence-corrected chi connectivity index (χ3v) is 4.95. The molecule has 0 saturated heterocycles. The van der Waals surface area contributed by atoms with Crippen LogP contribution in [0.15, 0.2) is 5.16 Å². The molecule has 23 heavy (non-hydrogen) atoms. The zero-order valence-corrected chi connectivity index (χ0v) is 16.0. The molecule has 0 bridgehead atoms. The third-order valence-electron chi connectivity index (χ3n) is 4.95. The Labute approximate surface area is 144 Å². The first kappa shape index (κ1) is 20.5. The van der Waals surface area contributed by atoms with Gasteiger partial charge in [-0.25, -0.2) is 0 Å². The van der Waals surface area contributed by atoms with Crippen molar-refractivity contribution in [2.75, 3.05) is 26.2 Å². The van der Waals surface area contributed by atoms with Gasteiger partial charge in [-0.15, -0.1) is 0 Å². The average molecular weight is 325 g/mol. The molecule has 0 radical (unpaired) electrons. The van der Waals surface area contributed by atoms with Gasteiger partial charge in [-0.2, -0.15) is 0 Å². The maximum absolute atomic E-state index is 5.71. The molecule has 0 aromatic carbocycles. The van der Waals surface area contributed by atoms with Gasteiger partial charge in [0.15, 0.2) is 0 Å². The molecule has 3 heteroatoms. The van der Waals surface area contributed by atoms with Gasteiger partial charge in [0.25, 0.3) is 0 Å². The van der Waals surface area contributed by atoms with Crippen molar-refractivity contribution in [2.24, 2.45) is 11.1 Å². The van der Waals surface area contributed by atoms with E-state index in [1.807, 2.05) is 0 Å². The Bertz CT molecular complexity index is 286. The number of hydrogen-bond donors (Lipinski definition) is 0. The molecule has 1 fully saturated rings. The molecule has 0 amide bonds. The highest BCUT2D eigenvalue weighted by Gasteiger charge is 2.08. The molecule has 1 saturated carbocycles. The lowest BCUT2D eigenvalue weighted by atomic mass is 10.00. The molecule has 1 aliphatic rings. The maximum atomic E-state index is 5.71. The van der Waals surface area contributed by atoms with Gasteiger partial charge in [0.1, 0.15) is 6.61 Å². The second-order valence-electron chi connectivity index (χ2n) is 7.23. The molecule has 1 unspecified atom stereocenters. The summed E-state index contributed by atoms with van der Waals surface area (Å²) in [6.45, 7) is 10.8. The summed E-state index contributed by atoms with van der Waals surface area (Å²) in [6.07, 6.45) is 14.7. The third kappa shape index (κ3) is 10.8. The lowest BCUT2D eigenvalue weighted by Gasteiger charge is -2.21. The molecule has 0 spiro atoms. The highest BCUT2D eigenvalue weighted by atomic mass is 16.6. The second kappa shape index (κ2) is 13.8. The Balaban J connectivity index is 2.31. The van der Waals surface area contributed by atoms with Gasteiger partial charge in [-0.1, -0.05) is 70.9 Å². The van der Waals surface area contributed by atoms with Gasteiger partial charge in [0, 0.05) is 12.5 Å². The van der Waals surface area contributed by atoms with Crippen LogP contribution in [0, 0.1) is 5.92 Å². The van der Waals surface area contributed by atoms with Crippen molar-refractivity contribution in [1.82, 2.24) is 4.90 Å². The van der Waals surface area contributed by atoms with Crippen LogP contribution >= 0.6 is 0 Å². The number of hydrogen-bond acceptors (Lipinski definition) is 3. The predicted molar refractivity (Wildman–Crippen MR) is 101 cm³/mol. The summed E-state index contributed by atoms with van der Waals surface area (Å²) in [7, 11) is 0. The van der Waals surface area contributed by atoms with Crippen molar-refractivity contribution < 1.29 is 4.84 Å². The van der Waals surface area contributed by atoms with Gasteiger partial charge < -0.3 is 9.74 Å². The highest BCUT2D eigenvalue weighted by Crippen LogP contribution is 2.15. The van der Waals surface area contributed by atoms with E-state index in [0.29, 0.717) is 5.92 Å². The fraction of sp³-hybridized carbons (Fsp3) is 0.950. The molecular weight excluding hydrogens is 284 g/mol.